The van der Waals surface area contributed by atoms with E-state index in [0.717, 1.165) is 30.7 Å². The predicted molar refractivity (Wildman–Crippen MR) is 70.3 cm³/mol. The van der Waals surface area contributed by atoms with E-state index in [4.69, 9.17) is 4.74 Å². The average Bonchev–Trinajstić information content (AvgIpc) is 2.67. The smallest absolute Gasteiger partial charge is 0.107 e. The van der Waals surface area contributed by atoms with Crippen molar-refractivity contribution in [3.8, 4) is 0 Å². The summed E-state index contributed by atoms with van der Waals surface area (Å²) in [4.78, 5) is 6.97. The highest BCUT2D eigenvalue weighted by atomic mass is 79.9. The number of nitrogens with zero attached hydrogens (tertiary/aromatic N) is 2. The Bertz CT molecular complexity index is 344. The van der Waals surface area contributed by atoms with E-state index in [1.54, 1.807) is 11.3 Å². The topological polar surface area (TPSA) is 25.4 Å². The number of hydrogen-bond acceptors (Lipinski definition) is 4. The summed E-state index contributed by atoms with van der Waals surface area (Å²) in [5.41, 5.74) is 1.12. The molecule has 1 aliphatic rings. The van der Waals surface area contributed by atoms with Crippen molar-refractivity contribution in [1.29, 1.82) is 0 Å². The molecule has 0 spiro atoms. The number of hydrogen-bond donors (Lipinski definition) is 0. The number of thiazole rings is 1. The van der Waals surface area contributed by atoms with Crippen LogP contribution in [0.25, 0.3) is 0 Å². The summed E-state index contributed by atoms with van der Waals surface area (Å²) in [5.74, 6) is 0. The van der Waals surface area contributed by atoms with Crippen LogP contribution in [0.15, 0.2) is 5.38 Å². The number of ether oxygens (including phenoxy) is 1. The molecule has 1 fully saturated rings. The second-order valence-corrected chi connectivity index (χ2v) is 5.86. The molecule has 0 N–H and O–H groups in total. The molecule has 1 saturated heterocycles. The van der Waals surface area contributed by atoms with Crippen LogP contribution >= 0.6 is 27.3 Å². The third-order valence-electron chi connectivity index (χ3n) is 2.81. The fraction of sp³-hybridized carbons (Fsp3) is 0.727. The van der Waals surface area contributed by atoms with Crippen LogP contribution in [0.4, 0.5) is 0 Å². The summed E-state index contributed by atoms with van der Waals surface area (Å²) < 4.78 is 5.71. The van der Waals surface area contributed by atoms with E-state index in [-0.39, 0.29) is 0 Å². The Hall–Kier alpha value is 0.0300. The highest BCUT2D eigenvalue weighted by molar-refractivity contribution is 9.09. The Labute approximate surface area is 109 Å². The molecule has 0 radical (unpaired) electrons. The maximum Gasteiger partial charge on any atom is 0.107 e. The molecule has 0 bridgehead atoms. The van der Waals surface area contributed by atoms with E-state index in [1.807, 2.05) is 6.92 Å². The van der Waals surface area contributed by atoms with Crippen LogP contribution < -0.4 is 0 Å². The third-order valence-corrected chi connectivity index (χ3v) is 4.49. The molecule has 3 nitrogen and oxygen atoms in total. The van der Waals surface area contributed by atoms with Gasteiger partial charge in [0.1, 0.15) is 5.01 Å². The number of halogens is 1. The van der Waals surface area contributed by atoms with Gasteiger partial charge >= 0.3 is 0 Å². The molecule has 0 amide bonds. The molecule has 2 atom stereocenters. The Balaban J connectivity index is 1.96. The Morgan fingerprint density at radius 3 is 3.12 bits per heavy atom. The minimum absolute atomic E-state index is 0.317. The van der Waals surface area contributed by atoms with Crippen molar-refractivity contribution in [2.24, 2.45) is 0 Å². The number of aryl methyl sites for hydroxylation is 1. The van der Waals surface area contributed by atoms with Crippen molar-refractivity contribution in [3.63, 3.8) is 0 Å². The van der Waals surface area contributed by atoms with E-state index in [1.165, 1.54) is 5.01 Å². The van der Waals surface area contributed by atoms with Crippen LogP contribution in [0.5, 0.6) is 0 Å². The van der Waals surface area contributed by atoms with Gasteiger partial charge in [0.05, 0.1) is 19.3 Å². The SMILES string of the molecule is Cc1csc(CN2CC(CBr)OCC2C)n1. The maximum atomic E-state index is 5.71. The van der Waals surface area contributed by atoms with Crippen LogP contribution in [-0.2, 0) is 11.3 Å². The first kappa shape index (κ1) is 12.5. The lowest BCUT2D eigenvalue weighted by molar-refractivity contribution is -0.0500. The Morgan fingerprint density at radius 2 is 2.50 bits per heavy atom. The van der Waals surface area contributed by atoms with Gasteiger partial charge in [-0.15, -0.1) is 11.3 Å². The number of morpholine rings is 1. The zero-order valence-corrected chi connectivity index (χ0v) is 12.1. The van der Waals surface area contributed by atoms with Gasteiger partial charge in [-0.2, -0.15) is 0 Å². The van der Waals surface area contributed by atoms with Gasteiger partial charge in [-0.05, 0) is 13.8 Å². The predicted octanol–water partition coefficient (Wildman–Crippen LogP) is 2.44. The molecule has 1 aromatic heterocycles. The maximum absolute atomic E-state index is 5.71. The third kappa shape index (κ3) is 3.03. The fourth-order valence-electron chi connectivity index (χ4n) is 1.84. The summed E-state index contributed by atoms with van der Waals surface area (Å²) in [6, 6.07) is 0.486. The molecule has 0 saturated carbocycles. The van der Waals surface area contributed by atoms with Crippen molar-refractivity contribution in [2.45, 2.75) is 32.5 Å². The van der Waals surface area contributed by atoms with Crippen molar-refractivity contribution >= 4 is 27.3 Å². The average molecular weight is 305 g/mol. The summed E-state index contributed by atoms with van der Waals surface area (Å²) in [6.45, 7) is 7.02. The van der Waals surface area contributed by atoms with Crippen molar-refractivity contribution in [1.82, 2.24) is 9.88 Å². The van der Waals surface area contributed by atoms with Crippen LogP contribution in [0.1, 0.15) is 17.6 Å². The minimum Gasteiger partial charge on any atom is -0.374 e. The lowest BCUT2D eigenvalue weighted by Gasteiger charge is -2.36. The minimum atomic E-state index is 0.317. The summed E-state index contributed by atoms with van der Waals surface area (Å²) in [7, 11) is 0. The summed E-state index contributed by atoms with van der Waals surface area (Å²) >= 11 is 5.23. The normalized spacial score (nSPS) is 27.2. The van der Waals surface area contributed by atoms with Gasteiger partial charge in [-0.1, -0.05) is 15.9 Å². The molecule has 16 heavy (non-hydrogen) atoms. The standard InChI is InChI=1S/C11H17BrN2OS/c1-8-7-16-11(13-8)5-14-4-10(3-12)15-6-9(14)2/h7,9-10H,3-6H2,1-2H3. The molecule has 5 heteroatoms. The highest BCUT2D eigenvalue weighted by Crippen LogP contribution is 2.18. The molecule has 2 rings (SSSR count). The molecule has 0 aromatic carbocycles. The van der Waals surface area contributed by atoms with Gasteiger partial charge in [0, 0.05) is 29.0 Å². The van der Waals surface area contributed by atoms with Crippen LogP contribution in [0, 0.1) is 6.92 Å². The molecule has 90 valence electrons. The van der Waals surface area contributed by atoms with Gasteiger partial charge in [0.2, 0.25) is 0 Å². The Kier molecular flexibility index (Phi) is 4.35. The summed E-state index contributed by atoms with van der Waals surface area (Å²) in [6.07, 6.45) is 0.317. The largest absolute Gasteiger partial charge is 0.374 e. The zero-order chi connectivity index (χ0) is 11.5. The molecule has 1 aromatic rings. The van der Waals surface area contributed by atoms with Gasteiger partial charge in [0.25, 0.3) is 0 Å². The fourth-order valence-corrected chi connectivity index (χ4v) is 3.03. The van der Waals surface area contributed by atoms with Gasteiger partial charge in [-0.25, -0.2) is 4.98 Å². The van der Waals surface area contributed by atoms with Crippen molar-refractivity contribution in [2.75, 3.05) is 18.5 Å². The van der Waals surface area contributed by atoms with Crippen molar-refractivity contribution < 1.29 is 4.74 Å². The lowest BCUT2D eigenvalue weighted by atomic mass is 10.2. The molecule has 2 unspecified atom stereocenters. The van der Waals surface area contributed by atoms with E-state index in [0.29, 0.717) is 12.1 Å². The van der Waals surface area contributed by atoms with E-state index in [2.05, 4.69) is 38.1 Å². The molecular formula is C11H17BrN2OS. The number of alkyl halides is 1. The molecule has 2 heterocycles. The lowest BCUT2D eigenvalue weighted by Crippen LogP contribution is -2.48. The van der Waals surface area contributed by atoms with Gasteiger partial charge < -0.3 is 4.74 Å². The number of rotatable bonds is 3. The Morgan fingerprint density at radius 1 is 1.69 bits per heavy atom. The monoisotopic (exact) mass is 304 g/mol. The summed E-state index contributed by atoms with van der Waals surface area (Å²) in [5, 5.41) is 4.23. The van der Waals surface area contributed by atoms with E-state index in [9.17, 15) is 0 Å². The van der Waals surface area contributed by atoms with Gasteiger partial charge in [-0.3, -0.25) is 4.90 Å². The quantitative estimate of drug-likeness (QED) is 0.802. The van der Waals surface area contributed by atoms with E-state index < -0.39 is 0 Å². The second-order valence-electron chi connectivity index (χ2n) is 4.27. The van der Waals surface area contributed by atoms with Crippen LogP contribution in [-0.4, -0.2) is 40.5 Å². The van der Waals surface area contributed by atoms with Crippen LogP contribution in [0.2, 0.25) is 0 Å². The number of aromatic nitrogens is 1. The molecule has 0 aliphatic carbocycles. The first-order chi connectivity index (χ1) is 7.69. The first-order valence-corrected chi connectivity index (χ1v) is 7.51. The highest BCUT2D eigenvalue weighted by Gasteiger charge is 2.25. The van der Waals surface area contributed by atoms with Gasteiger partial charge in [0.15, 0.2) is 0 Å². The van der Waals surface area contributed by atoms with Crippen LogP contribution in [0.3, 0.4) is 0 Å². The van der Waals surface area contributed by atoms with E-state index >= 15 is 0 Å². The first-order valence-electron chi connectivity index (χ1n) is 5.51. The zero-order valence-electron chi connectivity index (χ0n) is 9.65. The second kappa shape index (κ2) is 5.58. The molecule has 1 aliphatic heterocycles. The molecular weight excluding hydrogens is 288 g/mol. The van der Waals surface area contributed by atoms with Crippen molar-refractivity contribution in [3.05, 3.63) is 16.1 Å².